The van der Waals surface area contributed by atoms with Gasteiger partial charge in [-0.25, -0.2) is 22.6 Å². The topological polar surface area (TPSA) is 193 Å². The second-order valence-electron chi connectivity index (χ2n) is 7.38. The van der Waals surface area contributed by atoms with Crippen molar-refractivity contribution in [3.05, 3.63) is 59.7 Å². The van der Waals surface area contributed by atoms with Gasteiger partial charge in [0.25, 0.3) is 17.2 Å². The molecule has 0 bridgehead atoms. The molecule has 1 amide bonds. The molecule has 0 aromatic heterocycles. The Morgan fingerprint density at radius 3 is 2.06 bits per heavy atom. The van der Waals surface area contributed by atoms with Crippen molar-refractivity contribution in [3.63, 3.8) is 0 Å². The SMILES string of the molecule is NS(=O)(=O)c1ccc(C(=O)N[C@@H](CCCCCC(=O)c2ccc(NS(=O)O)cc2)C(=O)O)cc1. The van der Waals surface area contributed by atoms with Crippen LogP contribution >= 0.6 is 0 Å². The molecule has 2 aromatic carbocycles. The van der Waals surface area contributed by atoms with E-state index in [0.29, 0.717) is 30.5 Å². The molecule has 11 nitrogen and oxygen atoms in total. The number of nitrogens with one attached hydrogen (secondary N) is 2. The smallest absolute Gasteiger partial charge is 0.326 e. The number of nitrogens with two attached hydrogens (primary N) is 1. The molecule has 0 spiro atoms. The molecule has 0 fully saturated rings. The fourth-order valence-corrected chi connectivity index (χ4v) is 3.93. The lowest BCUT2D eigenvalue weighted by Crippen LogP contribution is -2.40. The number of sulfonamides is 1. The molecule has 6 N–H and O–H groups in total. The number of anilines is 1. The summed E-state index contributed by atoms with van der Waals surface area (Å²) in [7, 11) is -3.90. The van der Waals surface area contributed by atoms with Crippen molar-refractivity contribution < 1.29 is 36.7 Å². The summed E-state index contributed by atoms with van der Waals surface area (Å²) in [6, 6.07) is 9.79. The zero-order valence-electron chi connectivity index (χ0n) is 18.0. The molecule has 0 radical (unpaired) electrons. The van der Waals surface area contributed by atoms with Crippen molar-refractivity contribution in [2.75, 3.05) is 4.72 Å². The molecule has 0 aliphatic heterocycles. The maximum absolute atomic E-state index is 12.3. The first kappa shape index (κ1) is 27.1. The number of benzene rings is 2. The van der Waals surface area contributed by atoms with Crippen LogP contribution in [0.1, 0.15) is 52.8 Å². The quantitative estimate of drug-likeness (QED) is 0.153. The van der Waals surface area contributed by atoms with Crippen molar-refractivity contribution in [1.29, 1.82) is 0 Å². The van der Waals surface area contributed by atoms with Crippen molar-refractivity contribution in [2.24, 2.45) is 5.14 Å². The van der Waals surface area contributed by atoms with E-state index in [2.05, 4.69) is 10.0 Å². The molecule has 1 unspecified atom stereocenters. The van der Waals surface area contributed by atoms with E-state index in [1.165, 1.54) is 24.3 Å². The molecule has 34 heavy (non-hydrogen) atoms. The Hall–Kier alpha value is -3.13. The molecule has 2 aromatic rings. The Kier molecular flexibility index (Phi) is 9.86. The molecule has 0 aliphatic rings. The summed E-state index contributed by atoms with van der Waals surface area (Å²) in [5, 5.41) is 16.8. The number of unbranched alkanes of at least 4 members (excludes halogenated alkanes) is 2. The highest BCUT2D eigenvalue weighted by Gasteiger charge is 2.20. The van der Waals surface area contributed by atoms with Gasteiger partial charge in [-0.15, -0.1) is 0 Å². The fraction of sp³-hybridized carbons (Fsp3) is 0.286. The minimum absolute atomic E-state index is 0.0932. The van der Waals surface area contributed by atoms with Crippen LogP contribution in [0.15, 0.2) is 53.4 Å². The van der Waals surface area contributed by atoms with E-state index in [-0.39, 0.29) is 29.1 Å². The number of carboxylic acids is 1. The standard InChI is InChI=1S/C21H25N3O8S2/c22-34(31,32)17-12-8-15(9-13-17)20(26)23-18(21(27)28)4-2-1-3-5-19(25)14-6-10-16(11-7-14)24-33(29)30/h6-13,18,24H,1-5H2,(H,23,26)(H,27,28)(H,29,30)(H2,22,31,32)/t18-/m0/s1. The maximum Gasteiger partial charge on any atom is 0.326 e. The minimum atomic E-state index is -3.90. The largest absolute Gasteiger partial charge is 0.480 e. The Morgan fingerprint density at radius 2 is 1.53 bits per heavy atom. The highest BCUT2D eigenvalue weighted by atomic mass is 32.2. The van der Waals surface area contributed by atoms with Crippen LogP contribution in [-0.4, -0.2) is 46.0 Å². The first-order valence-corrected chi connectivity index (χ1v) is 12.8. The van der Waals surface area contributed by atoms with Gasteiger partial charge < -0.3 is 10.4 Å². The lowest BCUT2D eigenvalue weighted by atomic mass is 10.0. The fourth-order valence-electron chi connectivity index (χ4n) is 3.08. The van der Waals surface area contributed by atoms with Gasteiger partial charge in [0, 0.05) is 23.2 Å². The molecule has 0 saturated carbocycles. The van der Waals surface area contributed by atoms with E-state index in [1.54, 1.807) is 12.1 Å². The number of aliphatic carboxylic acids is 1. The van der Waals surface area contributed by atoms with Gasteiger partial charge in [0.05, 0.1) is 4.90 Å². The average Bonchev–Trinajstić information content (AvgIpc) is 2.77. The summed E-state index contributed by atoms with van der Waals surface area (Å²) >= 11 is -2.20. The van der Waals surface area contributed by atoms with E-state index in [1.807, 2.05) is 0 Å². The van der Waals surface area contributed by atoms with Crippen LogP contribution in [0.25, 0.3) is 0 Å². The number of carboxylic acid groups (broad SMARTS) is 1. The van der Waals surface area contributed by atoms with Crippen LogP contribution in [0.4, 0.5) is 5.69 Å². The van der Waals surface area contributed by atoms with Gasteiger partial charge in [-0.05, 0) is 61.4 Å². The summed E-state index contributed by atoms with van der Waals surface area (Å²) in [4.78, 5) is 35.9. The van der Waals surface area contributed by atoms with Gasteiger partial charge in [0.1, 0.15) is 6.04 Å². The average molecular weight is 512 g/mol. The van der Waals surface area contributed by atoms with Gasteiger partial charge in [0.2, 0.25) is 10.0 Å². The van der Waals surface area contributed by atoms with Gasteiger partial charge in [-0.3, -0.25) is 18.9 Å². The Balaban J connectivity index is 1.79. The Bertz CT molecular complexity index is 1150. The maximum atomic E-state index is 12.3. The van der Waals surface area contributed by atoms with E-state index in [9.17, 15) is 32.1 Å². The zero-order valence-corrected chi connectivity index (χ0v) is 19.6. The van der Waals surface area contributed by atoms with Crippen LogP contribution in [0.3, 0.4) is 0 Å². The highest BCUT2D eigenvalue weighted by molar-refractivity contribution is 7.89. The van der Waals surface area contributed by atoms with Crippen molar-refractivity contribution >= 4 is 44.6 Å². The Morgan fingerprint density at radius 1 is 0.941 bits per heavy atom. The number of carbonyl (C=O) groups is 3. The van der Waals surface area contributed by atoms with E-state index in [4.69, 9.17) is 9.69 Å². The summed E-state index contributed by atoms with van der Waals surface area (Å²) in [6.45, 7) is 0. The number of primary sulfonamides is 1. The molecule has 2 rings (SSSR count). The Labute approximate surface area is 199 Å². The second-order valence-corrected chi connectivity index (χ2v) is 9.65. The van der Waals surface area contributed by atoms with Crippen LogP contribution in [0.5, 0.6) is 0 Å². The molecule has 2 atom stereocenters. The lowest BCUT2D eigenvalue weighted by Gasteiger charge is -2.14. The predicted octanol–water partition coefficient (Wildman–Crippen LogP) is 1.90. The molecule has 0 saturated heterocycles. The first-order chi connectivity index (χ1) is 16.0. The number of ketones is 1. The number of hydrogen-bond acceptors (Lipinski definition) is 6. The molecule has 0 heterocycles. The highest BCUT2D eigenvalue weighted by Crippen LogP contribution is 2.15. The third-order valence-corrected chi connectivity index (χ3v) is 6.20. The number of rotatable bonds is 13. The summed E-state index contributed by atoms with van der Waals surface area (Å²) < 4.78 is 44.3. The third-order valence-electron chi connectivity index (χ3n) is 4.86. The molecule has 0 aliphatic carbocycles. The van der Waals surface area contributed by atoms with Crippen molar-refractivity contribution in [3.8, 4) is 0 Å². The number of hydrogen-bond donors (Lipinski definition) is 5. The van der Waals surface area contributed by atoms with Crippen molar-refractivity contribution in [1.82, 2.24) is 5.32 Å². The normalized spacial score (nSPS) is 13.0. The van der Waals surface area contributed by atoms with Gasteiger partial charge in [0.15, 0.2) is 5.78 Å². The van der Waals surface area contributed by atoms with Gasteiger partial charge in [-0.2, -0.15) is 0 Å². The van der Waals surface area contributed by atoms with Crippen LogP contribution in [-0.2, 0) is 26.1 Å². The van der Waals surface area contributed by atoms with E-state index < -0.39 is 39.2 Å². The zero-order chi connectivity index (χ0) is 25.3. The van der Waals surface area contributed by atoms with Crippen LogP contribution in [0, 0.1) is 0 Å². The van der Waals surface area contributed by atoms with Crippen LogP contribution in [0.2, 0.25) is 0 Å². The lowest BCUT2D eigenvalue weighted by molar-refractivity contribution is -0.139. The van der Waals surface area contributed by atoms with E-state index >= 15 is 0 Å². The molecular formula is C21H25N3O8S2. The summed E-state index contributed by atoms with van der Waals surface area (Å²) in [6.07, 6.45) is 1.95. The monoisotopic (exact) mass is 511 g/mol. The van der Waals surface area contributed by atoms with Crippen LogP contribution < -0.4 is 15.2 Å². The number of carbonyl (C=O) groups excluding carboxylic acids is 2. The predicted molar refractivity (Wildman–Crippen MR) is 125 cm³/mol. The summed E-state index contributed by atoms with van der Waals surface area (Å²) in [5.74, 6) is -1.97. The number of Topliss-reactive ketones (excluding diaryl/α,β-unsaturated/α-hetero) is 1. The number of amides is 1. The minimum Gasteiger partial charge on any atom is -0.480 e. The second kappa shape index (κ2) is 12.4. The summed E-state index contributed by atoms with van der Waals surface area (Å²) in [5.41, 5.74) is 0.952. The third kappa shape index (κ3) is 8.67. The molecule has 184 valence electrons. The first-order valence-electron chi connectivity index (χ1n) is 10.1. The van der Waals surface area contributed by atoms with Gasteiger partial charge >= 0.3 is 5.97 Å². The molecule has 13 heteroatoms. The van der Waals surface area contributed by atoms with Gasteiger partial charge in [-0.1, -0.05) is 12.8 Å². The van der Waals surface area contributed by atoms with Crippen molar-refractivity contribution in [2.45, 2.75) is 43.0 Å². The molecular weight excluding hydrogens is 486 g/mol. The van der Waals surface area contributed by atoms with E-state index in [0.717, 1.165) is 12.1 Å².